The monoisotopic (exact) mass is 330 g/mol. The van der Waals surface area contributed by atoms with Crippen molar-refractivity contribution in [1.82, 2.24) is 9.80 Å². The first-order chi connectivity index (χ1) is 11.7. The normalized spacial score (nSPS) is 18.7. The summed E-state index contributed by atoms with van der Waals surface area (Å²) in [5.41, 5.74) is 0.993. The first-order valence-corrected chi connectivity index (χ1v) is 8.87. The molecule has 5 heteroatoms. The van der Waals surface area contributed by atoms with Crippen molar-refractivity contribution in [3.05, 3.63) is 29.8 Å². The second-order valence-corrected chi connectivity index (χ2v) is 6.71. The van der Waals surface area contributed by atoms with Crippen molar-refractivity contribution in [1.29, 1.82) is 0 Å². The van der Waals surface area contributed by atoms with Gasteiger partial charge in [-0.15, -0.1) is 0 Å². The van der Waals surface area contributed by atoms with Gasteiger partial charge in [0.1, 0.15) is 5.75 Å². The Balaban J connectivity index is 1.52. The smallest absolute Gasteiger partial charge is 0.227 e. The number of nitrogens with zero attached hydrogens (tertiary/aromatic N) is 2. The molecule has 2 amide bonds. The van der Waals surface area contributed by atoms with Crippen LogP contribution >= 0.6 is 0 Å². The van der Waals surface area contributed by atoms with E-state index in [1.165, 1.54) is 6.42 Å². The van der Waals surface area contributed by atoms with Crippen LogP contribution in [0.4, 0.5) is 0 Å². The number of carbonyl (C=O) groups is 2. The summed E-state index contributed by atoms with van der Waals surface area (Å²) < 4.78 is 5.14. The van der Waals surface area contributed by atoms with Crippen molar-refractivity contribution in [2.24, 2.45) is 5.92 Å². The van der Waals surface area contributed by atoms with Crippen LogP contribution in [-0.4, -0.2) is 54.9 Å². The van der Waals surface area contributed by atoms with Crippen molar-refractivity contribution in [2.45, 2.75) is 32.1 Å². The fourth-order valence-electron chi connectivity index (χ4n) is 3.33. The molecule has 130 valence electrons. The number of hydrogen-bond acceptors (Lipinski definition) is 3. The summed E-state index contributed by atoms with van der Waals surface area (Å²) in [6, 6.07) is 7.62. The van der Waals surface area contributed by atoms with Crippen LogP contribution in [0, 0.1) is 5.92 Å². The van der Waals surface area contributed by atoms with E-state index in [4.69, 9.17) is 4.74 Å². The molecule has 1 aliphatic heterocycles. The molecule has 1 saturated carbocycles. The largest absolute Gasteiger partial charge is 0.497 e. The molecule has 5 nitrogen and oxygen atoms in total. The van der Waals surface area contributed by atoms with Gasteiger partial charge < -0.3 is 14.5 Å². The molecule has 2 fully saturated rings. The molecule has 0 atom stereocenters. The van der Waals surface area contributed by atoms with Crippen LogP contribution in [0.25, 0.3) is 0 Å². The molecular weight excluding hydrogens is 304 g/mol. The molecule has 0 N–H and O–H groups in total. The van der Waals surface area contributed by atoms with Crippen molar-refractivity contribution in [2.75, 3.05) is 33.3 Å². The molecule has 1 aromatic rings. The molecular formula is C19H26N2O3. The molecule has 0 spiro atoms. The predicted molar refractivity (Wildman–Crippen MR) is 91.8 cm³/mol. The van der Waals surface area contributed by atoms with Gasteiger partial charge in [-0.2, -0.15) is 0 Å². The number of rotatable bonds is 4. The topological polar surface area (TPSA) is 49.9 Å². The maximum absolute atomic E-state index is 12.5. The Labute approximate surface area is 143 Å². The first-order valence-electron chi connectivity index (χ1n) is 8.87. The van der Waals surface area contributed by atoms with E-state index in [-0.39, 0.29) is 11.8 Å². The van der Waals surface area contributed by atoms with Gasteiger partial charge in [0, 0.05) is 32.1 Å². The third kappa shape index (κ3) is 3.89. The van der Waals surface area contributed by atoms with Crippen LogP contribution in [-0.2, 0) is 16.0 Å². The summed E-state index contributed by atoms with van der Waals surface area (Å²) in [5.74, 6) is 1.47. The standard InChI is InChI=1S/C19H26N2O3/c1-24-17-8-6-15(7-9-17)14-18(22)20-10-3-11-21(13-12-20)19(23)16-4-2-5-16/h6-9,16H,2-5,10-14H2,1H3. The second kappa shape index (κ2) is 7.69. The number of methoxy groups -OCH3 is 1. The molecule has 24 heavy (non-hydrogen) atoms. The zero-order valence-electron chi connectivity index (χ0n) is 14.4. The minimum Gasteiger partial charge on any atom is -0.497 e. The van der Waals surface area contributed by atoms with E-state index in [9.17, 15) is 9.59 Å². The molecule has 0 aromatic heterocycles. The Morgan fingerprint density at radius 3 is 2.29 bits per heavy atom. The van der Waals surface area contributed by atoms with Gasteiger partial charge >= 0.3 is 0 Å². The quantitative estimate of drug-likeness (QED) is 0.849. The van der Waals surface area contributed by atoms with Crippen LogP contribution in [0.5, 0.6) is 5.75 Å². The van der Waals surface area contributed by atoms with Crippen LogP contribution in [0.15, 0.2) is 24.3 Å². The molecule has 0 bridgehead atoms. The van der Waals surface area contributed by atoms with E-state index in [1.807, 2.05) is 34.1 Å². The van der Waals surface area contributed by atoms with Crippen molar-refractivity contribution in [3.8, 4) is 5.75 Å². The lowest BCUT2D eigenvalue weighted by molar-refractivity contribution is -0.138. The number of hydrogen-bond donors (Lipinski definition) is 0. The lowest BCUT2D eigenvalue weighted by Gasteiger charge is -2.31. The summed E-state index contributed by atoms with van der Waals surface area (Å²) in [6.45, 7) is 2.84. The van der Waals surface area contributed by atoms with E-state index >= 15 is 0 Å². The van der Waals surface area contributed by atoms with E-state index < -0.39 is 0 Å². The fraction of sp³-hybridized carbons (Fsp3) is 0.579. The third-order valence-corrected chi connectivity index (χ3v) is 5.13. The summed E-state index contributed by atoms with van der Waals surface area (Å²) >= 11 is 0. The fourth-order valence-corrected chi connectivity index (χ4v) is 3.33. The highest BCUT2D eigenvalue weighted by Crippen LogP contribution is 2.28. The number of amides is 2. The molecule has 2 aliphatic rings. The highest BCUT2D eigenvalue weighted by molar-refractivity contribution is 5.80. The SMILES string of the molecule is COc1ccc(CC(=O)N2CCCN(C(=O)C3CCC3)CC2)cc1. The Morgan fingerprint density at radius 2 is 1.67 bits per heavy atom. The minimum absolute atomic E-state index is 0.137. The molecule has 0 unspecified atom stereocenters. The molecule has 3 rings (SSSR count). The first kappa shape index (κ1) is 16.8. The Hall–Kier alpha value is -2.04. The second-order valence-electron chi connectivity index (χ2n) is 6.71. The predicted octanol–water partition coefficient (Wildman–Crippen LogP) is 2.10. The number of carbonyl (C=O) groups excluding carboxylic acids is 2. The number of benzene rings is 1. The lowest BCUT2D eigenvalue weighted by atomic mass is 9.84. The molecule has 1 aliphatic carbocycles. The zero-order valence-corrected chi connectivity index (χ0v) is 14.4. The van der Waals surface area contributed by atoms with Crippen LogP contribution in [0.1, 0.15) is 31.2 Å². The molecule has 1 aromatic carbocycles. The van der Waals surface area contributed by atoms with Gasteiger partial charge in [0.05, 0.1) is 13.5 Å². The Morgan fingerprint density at radius 1 is 1.00 bits per heavy atom. The Bertz CT molecular complexity index is 581. The zero-order chi connectivity index (χ0) is 16.9. The summed E-state index contributed by atoms with van der Waals surface area (Å²) in [7, 11) is 1.63. The van der Waals surface area contributed by atoms with Gasteiger partial charge in [0.2, 0.25) is 11.8 Å². The van der Waals surface area contributed by atoms with Gasteiger partial charge in [-0.3, -0.25) is 9.59 Å². The van der Waals surface area contributed by atoms with Crippen molar-refractivity contribution in [3.63, 3.8) is 0 Å². The summed E-state index contributed by atoms with van der Waals surface area (Å²) in [6.07, 6.45) is 4.52. The summed E-state index contributed by atoms with van der Waals surface area (Å²) in [4.78, 5) is 28.8. The van der Waals surface area contributed by atoms with E-state index in [0.29, 0.717) is 25.4 Å². The highest BCUT2D eigenvalue weighted by Gasteiger charge is 2.30. The van der Waals surface area contributed by atoms with Gasteiger partial charge in [-0.05, 0) is 37.0 Å². The number of ether oxygens (including phenoxy) is 1. The average molecular weight is 330 g/mol. The van der Waals surface area contributed by atoms with Crippen LogP contribution in [0.2, 0.25) is 0 Å². The van der Waals surface area contributed by atoms with Crippen LogP contribution in [0.3, 0.4) is 0 Å². The van der Waals surface area contributed by atoms with Gasteiger partial charge in [-0.1, -0.05) is 18.6 Å². The van der Waals surface area contributed by atoms with E-state index in [1.54, 1.807) is 7.11 Å². The van der Waals surface area contributed by atoms with Gasteiger partial charge in [0.15, 0.2) is 0 Å². The maximum Gasteiger partial charge on any atom is 0.227 e. The third-order valence-electron chi connectivity index (χ3n) is 5.13. The molecule has 1 saturated heterocycles. The molecule has 1 heterocycles. The lowest BCUT2D eigenvalue weighted by Crippen LogP contribution is -2.41. The summed E-state index contributed by atoms with van der Waals surface area (Å²) in [5, 5.41) is 0. The van der Waals surface area contributed by atoms with E-state index in [2.05, 4.69) is 0 Å². The maximum atomic E-state index is 12.5. The van der Waals surface area contributed by atoms with Crippen molar-refractivity contribution < 1.29 is 14.3 Å². The van der Waals surface area contributed by atoms with Gasteiger partial charge in [0.25, 0.3) is 0 Å². The van der Waals surface area contributed by atoms with Gasteiger partial charge in [-0.25, -0.2) is 0 Å². The van der Waals surface area contributed by atoms with E-state index in [0.717, 1.165) is 43.7 Å². The minimum atomic E-state index is 0.137. The average Bonchev–Trinajstić information content (AvgIpc) is 2.80. The Kier molecular flexibility index (Phi) is 5.38. The van der Waals surface area contributed by atoms with Crippen LogP contribution < -0.4 is 4.74 Å². The highest BCUT2D eigenvalue weighted by atomic mass is 16.5. The molecule has 0 radical (unpaired) electrons. The van der Waals surface area contributed by atoms with Crippen molar-refractivity contribution >= 4 is 11.8 Å².